The van der Waals surface area contributed by atoms with Crippen LogP contribution < -0.4 is 21.1 Å². The predicted octanol–water partition coefficient (Wildman–Crippen LogP) is 1.93. The van der Waals surface area contributed by atoms with Crippen LogP contribution in [0.3, 0.4) is 0 Å². The Hall–Kier alpha value is -1.79. The molecule has 6 nitrogen and oxygen atoms in total. The Kier molecular flexibility index (Phi) is 7.32. The molecule has 1 saturated carbocycles. The van der Waals surface area contributed by atoms with Crippen LogP contribution in [0.25, 0.3) is 0 Å². The van der Waals surface area contributed by atoms with Crippen molar-refractivity contribution in [3.05, 3.63) is 23.8 Å². The van der Waals surface area contributed by atoms with Gasteiger partial charge in [0.05, 0.1) is 12.8 Å². The summed E-state index contributed by atoms with van der Waals surface area (Å²) in [5.41, 5.74) is 6.97. The summed E-state index contributed by atoms with van der Waals surface area (Å²) in [5.74, 6) is 0.440. The molecule has 0 saturated heterocycles. The Balaban J connectivity index is 0.00000264. The van der Waals surface area contributed by atoms with Crippen LogP contribution >= 0.6 is 12.4 Å². The smallest absolute Gasteiger partial charge is 0.251 e. The Bertz CT molecular complexity index is 566. The zero-order valence-electron chi connectivity index (χ0n) is 13.4. The van der Waals surface area contributed by atoms with E-state index in [9.17, 15) is 9.59 Å². The van der Waals surface area contributed by atoms with E-state index in [2.05, 4.69) is 10.6 Å². The van der Waals surface area contributed by atoms with Crippen molar-refractivity contribution in [2.24, 2.45) is 11.7 Å². The summed E-state index contributed by atoms with van der Waals surface area (Å²) in [6.07, 6.45) is 3.44. The minimum atomic E-state index is -0.212. The van der Waals surface area contributed by atoms with Crippen LogP contribution in [0, 0.1) is 5.92 Å². The number of halogens is 1. The number of carbonyl (C=O) groups excluding carboxylic acids is 2. The van der Waals surface area contributed by atoms with Crippen molar-refractivity contribution in [1.29, 1.82) is 0 Å². The van der Waals surface area contributed by atoms with Gasteiger partial charge >= 0.3 is 0 Å². The molecule has 1 aromatic carbocycles. The quantitative estimate of drug-likeness (QED) is 0.762. The number of hydrogen-bond donors (Lipinski definition) is 3. The predicted molar refractivity (Wildman–Crippen MR) is 92.2 cm³/mol. The summed E-state index contributed by atoms with van der Waals surface area (Å²) < 4.78 is 5.23. The third-order valence-corrected chi connectivity index (χ3v) is 4.13. The van der Waals surface area contributed by atoms with Crippen LogP contribution in [0.4, 0.5) is 5.69 Å². The van der Waals surface area contributed by atoms with Gasteiger partial charge in [0.2, 0.25) is 5.91 Å². The molecule has 0 bridgehead atoms. The fourth-order valence-electron chi connectivity index (χ4n) is 2.85. The van der Waals surface area contributed by atoms with Crippen LogP contribution in [0.5, 0.6) is 5.75 Å². The summed E-state index contributed by atoms with van der Waals surface area (Å²) in [6.45, 7) is 0. The second-order valence-corrected chi connectivity index (χ2v) is 5.60. The average molecular weight is 342 g/mol. The molecule has 0 heterocycles. The second-order valence-electron chi connectivity index (χ2n) is 5.60. The first-order chi connectivity index (χ1) is 10.5. The third kappa shape index (κ3) is 4.84. The molecule has 7 heteroatoms. The lowest BCUT2D eigenvalue weighted by molar-refractivity contribution is -0.117. The topological polar surface area (TPSA) is 93.5 Å². The molecule has 4 N–H and O–H groups in total. The maximum Gasteiger partial charge on any atom is 0.251 e. The lowest BCUT2D eigenvalue weighted by atomic mass is 10.00. The number of ether oxygens (including phenoxy) is 1. The number of nitrogens with two attached hydrogens (primary N) is 1. The summed E-state index contributed by atoms with van der Waals surface area (Å²) in [6, 6.07) is 5.04. The van der Waals surface area contributed by atoms with Gasteiger partial charge in [0.1, 0.15) is 5.75 Å². The molecule has 1 aromatic rings. The molecular weight excluding hydrogens is 318 g/mol. The number of methoxy groups -OCH3 is 1. The lowest BCUT2D eigenvalue weighted by Crippen LogP contribution is -2.28. The summed E-state index contributed by atoms with van der Waals surface area (Å²) >= 11 is 0. The normalized spacial score (nSPS) is 19.6. The lowest BCUT2D eigenvalue weighted by Gasteiger charge is -2.16. The van der Waals surface area contributed by atoms with Gasteiger partial charge in [-0.25, -0.2) is 0 Å². The number of rotatable bonds is 5. The van der Waals surface area contributed by atoms with Gasteiger partial charge in [-0.05, 0) is 37.0 Å². The zero-order chi connectivity index (χ0) is 16.1. The van der Waals surface area contributed by atoms with E-state index in [0.29, 0.717) is 23.4 Å². The zero-order valence-corrected chi connectivity index (χ0v) is 14.2. The van der Waals surface area contributed by atoms with Crippen LogP contribution in [0.2, 0.25) is 0 Å². The molecule has 2 atom stereocenters. The van der Waals surface area contributed by atoms with E-state index in [0.717, 1.165) is 19.3 Å². The maximum absolute atomic E-state index is 12.2. The van der Waals surface area contributed by atoms with E-state index >= 15 is 0 Å². The van der Waals surface area contributed by atoms with Crippen LogP contribution in [-0.4, -0.2) is 32.0 Å². The molecule has 2 rings (SSSR count). The summed E-state index contributed by atoms with van der Waals surface area (Å²) in [7, 11) is 3.09. The highest BCUT2D eigenvalue weighted by Gasteiger charge is 2.26. The van der Waals surface area contributed by atoms with Gasteiger partial charge in [-0.2, -0.15) is 0 Å². The highest BCUT2D eigenvalue weighted by Crippen LogP contribution is 2.29. The average Bonchev–Trinajstić information content (AvgIpc) is 2.91. The van der Waals surface area contributed by atoms with Gasteiger partial charge in [0.25, 0.3) is 5.91 Å². The first kappa shape index (κ1) is 19.3. The van der Waals surface area contributed by atoms with Crippen LogP contribution in [0.15, 0.2) is 18.2 Å². The van der Waals surface area contributed by atoms with Crippen LogP contribution in [-0.2, 0) is 4.79 Å². The van der Waals surface area contributed by atoms with Gasteiger partial charge in [-0.15, -0.1) is 12.4 Å². The molecule has 1 aliphatic rings. The van der Waals surface area contributed by atoms with Crippen molar-refractivity contribution < 1.29 is 14.3 Å². The molecule has 0 spiro atoms. The Morgan fingerprint density at radius 3 is 2.65 bits per heavy atom. The van der Waals surface area contributed by atoms with E-state index < -0.39 is 0 Å². The standard InChI is InChI=1S/C16H23N3O3.ClH/c1-18-16(21)11-6-7-14(22-2)13(8-11)19-15(20)9-10-4-3-5-12(10)17;/h6-8,10,12H,3-5,9,17H2,1-2H3,(H,18,21)(H,19,20);1H/t10-,12+;/m0./s1. The van der Waals surface area contributed by atoms with Crippen molar-refractivity contribution >= 4 is 29.9 Å². The molecule has 0 radical (unpaired) electrons. The van der Waals surface area contributed by atoms with Gasteiger partial charge in [-0.1, -0.05) is 6.42 Å². The number of hydrogen-bond acceptors (Lipinski definition) is 4. The van der Waals surface area contributed by atoms with Gasteiger partial charge in [0.15, 0.2) is 0 Å². The van der Waals surface area contributed by atoms with E-state index in [4.69, 9.17) is 10.5 Å². The third-order valence-electron chi connectivity index (χ3n) is 4.13. The minimum Gasteiger partial charge on any atom is -0.495 e. The van der Waals surface area contributed by atoms with E-state index in [1.165, 1.54) is 7.11 Å². The molecule has 1 fully saturated rings. The number of nitrogens with one attached hydrogen (secondary N) is 2. The highest BCUT2D eigenvalue weighted by molar-refractivity contribution is 5.98. The first-order valence-electron chi connectivity index (χ1n) is 7.50. The number of carbonyl (C=O) groups is 2. The SMILES string of the molecule is CNC(=O)c1ccc(OC)c(NC(=O)C[C@@H]2CCC[C@H]2N)c1.Cl. The van der Waals surface area contributed by atoms with Gasteiger partial charge in [-0.3, -0.25) is 9.59 Å². The Morgan fingerprint density at radius 1 is 1.35 bits per heavy atom. The minimum absolute atomic E-state index is 0. The van der Waals surface area contributed by atoms with E-state index in [1.807, 2.05) is 0 Å². The Morgan fingerprint density at radius 2 is 2.09 bits per heavy atom. The maximum atomic E-state index is 12.2. The molecule has 0 unspecified atom stereocenters. The number of anilines is 1. The monoisotopic (exact) mass is 341 g/mol. The second kappa shape index (κ2) is 8.74. The first-order valence-corrected chi connectivity index (χ1v) is 7.50. The molecule has 0 aromatic heterocycles. The molecule has 0 aliphatic heterocycles. The molecule has 1 aliphatic carbocycles. The van der Waals surface area contributed by atoms with Crippen molar-refractivity contribution in [2.45, 2.75) is 31.7 Å². The van der Waals surface area contributed by atoms with Crippen molar-refractivity contribution in [2.75, 3.05) is 19.5 Å². The number of benzene rings is 1. The molecule has 2 amide bonds. The molecule has 23 heavy (non-hydrogen) atoms. The van der Waals surface area contributed by atoms with Gasteiger partial charge in [0, 0.05) is 25.1 Å². The van der Waals surface area contributed by atoms with E-state index in [1.54, 1.807) is 25.2 Å². The largest absolute Gasteiger partial charge is 0.495 e. The van der Waals surface area contributed by atoms with Crippen molar-refractivity contribution in [3.63, 3.8) is 0 Å². The summed E-state index contributed by atoms with van der Waals surface area (Å²) in [4.78, 5) is 23.9. The fourth-order valence-corrected chi connectivity index (χ4v) is 2.85. The van der Waals surface area contributed by atoms with E-state index in [-0.39, 0.29) is 36.2 Å². The van der Waals surface area contributed by atoms with Gasteiger partial charge < -0.3 is 21.1 Å². The summed E-state index contributed by atoms with van der Waals surface area (Å²) in [5, 5.41) is 5.38. The number of amides is 2. The fraction of sp³-hybridized carbons (Fsp3) is 0.500. The highest BCUT2D eigenvalue weighted by atomic mass is 35.5. The molecular formula is C16H24ClN3O3. The molecule has 128 valence electrons. The van der Waals surface area contributed by atoms with Crippen LogP contribution in [0.1, 0.15) is 36.0 Å². The Labute approximate surface area is 142 Å². The van der Waals surface area contributed by atoms with Crippen molar-refractivity contribution in [3.8, 4) is 5.75 Å². The van der Waals surface area contributed by atoms with Crippen molar-refractivity contribution in [1.82, 2.24) is 5.32 Å².